The molecule has 18 heavy (non-hydrogen) atoms. The summed E-state index contributed by atoms with van der Waals surface area (Å²) in [7, 11) is 3.81. The SMILES string of the molecule is CNCC1(Cc2cc(C(C)C)ccc2OC)CC1. The predicted molar refractivity (Wildman–Crippen MR) is 76.4 cm³/mol. The lowest BCUT2D eigenvalue weighted by molar-refractivity contribution is 0.398. The molecule has 1 saturated carbocycles. The highest BCUT2D eigenvalue weighted by Crippen LogP contribution is 2.49. The number of nitrogens with one attached hydrogen (secondary N) is 1. The first-order valence-corrected chi connectivity index (χ1v) is 6.92. The van der Waals surface area contributed by atoms with Crippen molar-refractivity contribution in [2.24, 2.45) is 5.41 Å². The molecule has 1 aliphatic carbocycles. The van der Waals surface area contributed by atoms with Gasteiger partial charge in [0.1, 0.15) is 5.75 Å². The molecule has 1 aliphatic rings. The minimum Gasteiger partial charge on any atom is -0.496 e. The van der Waals surface area contributed by atoms with Crippen LogP contribution in [0.2, 0.25) is 0 Å². The van der Waals surface area contributed by atoms with Gasteiger partial charge in [0.25, 0.3) is 0 Å². The van der Waals surface area contributed by atoms with Crippen molar-refractivity contribution in [2.75, 3.05) is 20.7 Å². The molecule has 1 N–H and O–H groups in total. The fraction of sp³-hybridized carbons (Fsp3) is 0.625. The van der Waals surface area contributed by atoms with E-state index in [1.54, 1.807) is 7.11 Å². The highest BCUT2D eigenvalue weighted by atomic mass is 16.5. The summed E-state index contributed by atoms with van der Waals surface area (Å²) < 4.78 is 5.51. The Labute approximate surface area is 111 Å². The van der Waals surface area contributed by atoms with Gasteiger partial charge in [-0.05, 0) is 54.8 Å². The van der Waals surface area contributed by atoms with Crippen LogP contribution < -0.4 is 10.1 Å². The van der Waals surface area contributed by atoms with E-state index in [0.29, 0.717) is 11.3 Å². The molecule has 0 aliphatic heterocycles. The number of hydrogen-bond acceptors (Lipinski definition) is 2. The summed E-state index contributed by atoms with van der Waals surface area (Å²) in [5.74, 6) is 1.62. The molecule has 0 aromatic heterocycles. The van der Waals surface area contributed by atoms with Crippen molar-refractivity contribution < 1.29 is 4.74 Å². The summed E-state index contributed by atoms with van der Waals surface area (Å²) in [5, 5.41) is 3.32. The normalized spacial score (nSPS) is 16.9. The molecule has 0 atom stereocenters. The van der Waals surface area contributed by atoms with Gasteiger partial charge in [0.2, 0.25) is 0 Å². The first-order chi connectivity index (χ1) is 8.60. The quantitative estimate of drug-likeness (QED) is 0.832. The Hall–Kier alpha value is -1.02. The lowest BCUT2D eigenvalue weighted by Crippen LogP contribution is -2.22. The maximum Gasteiger partial charge on any atom is 0.122 e. The smallest absolute Gasteiger partial charge is 0.122 e. The van der Waals surface area contributed by atoms with Gasteiger partial charge >= 0.3 is 0 Å². The summed E-state index contributed by atoms with van der Waals surface area (Å²) in [6.45, 7) is 5.60. The molecule has 1 aromatic carbocycles. The molecule has 2 heteroatoms. The van der Waals surface area contributed by atoms with Gasteiger partial charge < -0.3 is 10.1 Å². The summed E-state index contributed by atoms with van der Waals surface area (Å²) in [6, 6.07) is 6.64. The Morgan fingerprint density at radius 2 is 2.06 bits per heavy atom. The molecule has 1 aromatic rings. The number of rotatable bonds is 6. The van der Waals surface area contributed by atoms with Crippen molar-refractivity contribution in [1.82, 2.24) is 5.32 Å². The van der Waals surface area contributed by atoms with Crippen molar-refractivity contribution in [3.8, 4) is 5.75 Å². The Kier molecular flexibility index (Phi) is 3.96. The predicted octanol–water partition coefficient (Wildman–Crippen LogP) is 3.36. The number of benzene rings is 1. The van der Waals surface area contributed by atoms with Crippen molar-refractivity contribution in [2.45, 2.75) is 39.0 Å². The van der Waals surface area contributed by atoms with Crippen molar-refractivity contribution in [3.63, 3.8) is 0 Å². The molecule has 0 radical (unpaired) electrons. The second-order valence-corrected chi connectivity index (χ2v) is 5.93. The van der Waals surface area contributed by atoms with E-state index in [-0.39, 0.29) is 0 Å². The first-order valence-electron chi connectivity index (χ1n) is 6.92. The number of hydrogen-bond donors (Lipinski definition) is 1. The molecule has 0 bridgehead atoms. The fourth-order valence-corrected chi connectivity index (χ4v) is 2.67. The zero-order valence-corrected chi connectivity index (χ0v) is 12.0. The van der Waals surface area contributed by atoms with E-state index in [1.165, 1.54) is 24.0 Å². The molecule has 0 unspecified atom stereocenters. The van der Waals surface area contributed by atoms with E-state index in [9.17, 15) is 0 Å². The zero-order valence-electron chi connectivity index (χ0n) is 12.0. The molecule has 2 rings (SSSR count). The Morgan fingerprint density at radius 3 is 2.56 bits per heavy atom. The largest absolute Gasteiger partial charge is 0.496 e. The third kappa shape index (κ3) is 2.86. The van der Waals surface area contributed by atoms with Gasteiger partial charge in [0.15, 0.2) is 0 Å². The van der Waals surface area contributed by atoms with Crippen LogP contribution >= 0.6 is 0 Å². The van der Waals surface area contributed by atoms with Crippen LogP contribution in [0.5, 0.6) is 5.75 Å². The minimum atomic E-state index is 0.484. The number of methoxy groups -OCH3 is 1. The molecular weight excluding hydrogens is 222 g/mol. The molecule has 2 nitrogen and oxygen atoms in total. The van der Waals surface area contributed by atoms with Gasteiger partial charge in [-0.2, -0.15) is 0 Å². The van der Waals surface area contributed by atoms with Gasteiger partial charge in [-0.3, -0.25) is 0 Å². The summed E-state index contributed by atoms with van der Waals surface area (Å²) in [4.78, 5) is 0. The van der Waals surface area contributed by atoms with Crippen LogP contribution in [0.25, 0.3) is 0 Å². The van der Waals surface area contributed by atoms with Crippen molar-refractivity contribution in [3.05, 3.63) is 29.3 Å². The van der Waals surface area contributed by atoms with E-state index in [2.05, 4.69) is 37.4 Å². The second-order valence-electron chi connectivity index (χ2n) is 5.93. The van der Waals surface area contributed by atoms with Gasteiger partial charge in [-0.1, -0.05) is 26.0 Å². The van der Waals surface area contributed by atoms with Crippen LogP contribution in [-0.2, 0) is 6.42 Å². The Bertz CT molecular complexity index is 408. The van der Waals surface area contributed by atoms with Crippen LogP contribution in [0.4, 0.5) is 0 Å². The highest BCUT2D eigenvalue weighted by molar-refractivity contribution is 5.39. The molecule has 0 amide bonds. The van der Waals surface area contributed by atoms with Crippen LogP contribution in [0, 0.1) is 5.41 Å². The van der Waals surface area contributed by atoms with Gasteiger partial charge in [0, 0.05) is 6.54 Å². The first kappa shape index (κ1) is 13.4. The third-order valence-corrected chi connectivity index (χ3v) is 4.05. The molecule has 100 valence electrons. The van der Waals surface area contributed by atoms with Crippen LogP contribution in [0.3, 0.4) is 0 Å². The van der Waals surface area contributed by atoms with Crippen molar-refractivity contribution in [1.29, 1.82) is 0 Å². The van der Waals surface area contributed by atoms with E-state index in [0.717, 1.165) is 18.7 Å². The van der Waals surface area contributed by atoms with E-state index in [1.807, 2.05) is 7.05 Å². The van der Waals surface area contributed by atoms with Crippen LogP contribution in [0.15, 0.2) is 18.2 Å². The topological polar surface area (TPSA) is 21.3 Å². The fourth-order valence-electron chi connectivity index (χ4n) is 2.67. The molecular formula is C16H25NO. The highest BCUT2D eigenvalue weighted by Gasteiger charge is 2.42. The Balaban J connectivity index is 2.22. The van der Waals surface area contributed by atoms with Gasteiger partial charge in [0.05, 0.1) is 7.11 Å². The summed E-state index contributed by atoms with van der Waals surface area (Å²) in [6.07, 6.45) is 3.81. The lowest BCUT2D eigenvalue weighted by atomic mass is 9.92. The maximum atomic E-state index is 5.51. The second kappa shape index (κ2) is 5.31. The lowest BCUT2D eigenvalue weighted by Gasteiger charge is -2.18. The molecule has 0 saturated heterocycles. The average molecular weight is 247 g/mol. The third-order valence-electron chi connectivity index (χ3n) is 4.05. The van der Waals surface area contributed by atoms with Crippen LogP contribution in [-0.4, -0.2) is 20.7 Å². The van der Waals surface area contributed by atoms with Gasteiger partial charge in [-0.15, -0.1) is 0 Å². The molecule has 0 heterocycles. The maximum absolute atomic E-state index is 5.51. The standard InChI is InChI=1S/C16H25NO/c1-12(2)13-5-6-15(18-4)14(9-13)10-16(7-8-16)11-17-3/h5-6,9,12,17H,7-8,10-11H2,1-4H3. The number of ether oxygens (including phenoxy) is 1. The summed E-state index contributed by atoms with van der Waals surface area (Å²) >= 11 is 0. The van der Waals surface area contributed by atoms with E-state index in [4.69, 9.17) is 4.74 Å². The molecule has 0 spiro atoms. The Morgan fingerprint density at radius 1 is 1.33 bits per heavy atom. The minimum absolute atomic E-state index is 0.484. The summed E-state index contributed by atoms with van der Waals surface area (Å²) in [5.41, 5.74) is 3.26. The molecule has 1 fully saturated rings. The van der Waals surface area contributed by atoms with E-state index < -0.39 is 0 Å². The average Bonchev–Trinajstić information content (AvgIpc) is 3.09. The monoisotopic (exact) mass is 247 g/mol. The van der Waals surface area contributed by atoms with E-state index >= 15 is 0 Å². The van der Waals surface area contributed by atoms with Gasteiger partial charge in [-0.25, -0.2) is 0 Å². The van der Waals surface area contributed by atoms with Crippen LogP contribution in [0.1, 0.15) is 43.7 Å². The van der Waals surface area contributed by atoms with Crippen molar-refractivity contribution >= 4 is 0 Å². The zero-order chi connectivity index (χ0) is 13.2.